The molecule has 128 valence electrons. The SMILES string of the molecule is CC1NCCN(C(=O)c2ccc(C(=O)c3cc[nH]c3)cc2)C1C.Cl. The number of H-pyrrole nitrogens is 1. The number of hydrogen-bond donors (Lipinski definition) is 2. The quantitative estimate of drug-likeness (QED) is 0.838. The molecule has 2 aromatic rings. The van der Waals surface area contributed by atoms with Gasteiger partial charge in [-0.3, -0.25) is 9.59 Å². The summed E-state index contributed by atoms with van der Waals surface area (Å²) < 4.78 is 0. The largest absolute Gasteiger partial charge is 0.367 e. The number of aromatic amines is 1. The molecule has 0 aliphatic carbocycles. The van der Waals surface area contributed by atoms with Crippen LogP contribution in [0.15, 0.2) is 42.7 Å². The number of nitrogens with one attached hydrogen (secondary N) is 2. The maximum atomic E-state index is 12.7. The first kappa shape index (κ1) is 18.2. The monoisotopic (exact) mass is 347 g/mol. The zero-order valence-electron chi connectivity index (χ0n) is 13.8. The highest BCUT2D eigenvalue weighted by molar-refractivity contribution is 6.09. The smallest absolute Gasteiger partial charge is 0.254 e. The molecule has 2 N–H and O–H groups in total. The standard InChI is InChI=1S/C18H21N3O2.ClH/c1-12-13(2)21(10-9-20-12)18(23)15-5-3-14(4-6-15)17(22)16-7-8-19-11-16;/h3-8,11-13,19-20H,9-10H2,1-2H3;1H. The molecule has 6 heteroatoms. The fourth-order valence-corrected chi connectivity index (χ4v) is 2.91. The van der Waals surface area contributed by atoms with Gasteiger partial charge in [0.15, 0.2) is 5.78 Å². The van der Waals surface area contributed by atoms with Gasteiger partial charge in [-0.05, 0) is 32.0 Å². The number of amides is 1. The molecule has 2 atom stereocenters. The number of carbonyl (C=O) groups excluding carboxylic acids is 2. The van der Waals surface area contributed by atoms with Gasteiger partial charge in [0.05, 0.1) is 0 Å². The van der Waals surface area contributed by atoms with Gasteiger partial charge < -0.3 is 15.2 Å². The summed E-state index contributed by atoms with van der Waals surface area (Å²) >= 11 is 0. The number of carbonyl (C=O) groups is 2. The van der Waals surface area contributed by atoms with Crippen LogP contribution in [0.25, 0.3) is 0 Å². The Balaban J connectivity index is 0.00000208. The van der Waals surface area contributed by atoms with Crippen LogP contribution in [0, 0.1) is 0 Å². The van der Waals surface area contributed by atoms with Crippen LogP contribution in [0.5, 0.6) is 0 Å². The van der Waals surface area contributed by atoms with E-state index in [0.29, 0.717) is 23.2 Å². The summed E-state index contributed by atoms with van der Waals surface area (Å²) in [5, 5.41) is 3.37. The van der Waals surface area contributed by atoms with Crippen molar-refractivity contribution in [3.63, 3.8) is 0 Å². The lowest BCUT2D eigenvalue weighted by Gasteiger charge is -2.38. The van der Waals surface area contributed by atoms with Gasteiger partial charge in [-0.15, -0.1) is 12.4 Å². The Labute approximate surface area is 147 Å². The van der Waals surface area contributed by atoms with Crippen molar-refractivity contribution in [3.8, 4) is 0 Å². The molecule has 1 aliphatic heterocycles. The first-order valence-corrected chi connectivity index (χ1v) is 7.90. The number of rotatable bonds is 3. The molecule has 2 heterocycles. The van der Waals surface area contributed by atoms with E-state index in [1.165, 1.54) is 0 Å². The van der Waals surface area contributed by atoms with Crippen LogP contribution in [0.1, 0.15) is 40.1 Å². The van der Waals surface area contributed by atoms with Gasteiger partial charge in [0.1, 0.15) is 0 Å². The summed E-state index contributed by atoms with van der Waals surface area (Å²) in [6, 6.07) is 9.09. The van der Waals surface area contributed by atoms with E-state index in [2.05, 4.69) is 24.1 Å². The Morgan fingerprint density at radius 2 is 1.71 bits per heavy atom. The molecular weight excluding hydrogens is 326 g/mol. The van der Waals surface area contributed by atoms with Crippen molar-refractivity contribution < 1.29 is 9.59 Å². The number of halogens is 1. The molecule has 1 amide bonds. The van der Waals surface area contributed by atoms with Crippen LogP contribution < -0.4 is 5.32 Å². The minimum Gasteiger partial charge on any atom is -0.367 e. The molecule has 1 aliphatic rings. The molecule has 1 fully saturated rings. The number of ketones is 1. The summed E-state index contributed by atoms with van der Waals surface area (Å²) in [4.78, 5) is 29.7. The molecule has 0 saturated carbocycles. The summed E-state index contributed by atoms with van der Waals surface area (Å²) in [5.74, 6) is -0.0269. The van der Waals surface area contributed by atoms with E-state index >= 15 is 0 Å². The van der Waals surface area contributed by atoms with Crippen molar-refractivity contribution in [3.05, 3.63) is 59.4 Å². The Hall–Kier alpha value is -2.11. The summed E-state index contributed by atoms with van der Waals surface area (Å²) in [5.41, 5.74) is 1.83. The average molecular weight is 348 g/mol. The summed E-state index contributed by atoms with van der Waals surface area (Å²) in [6.45, 7) is 5.65. The van der Waals surface area contributed by atoms with Crippen molar-refractivity contribution in [1.82, 2.24) is 15.2 Å². The Morgan fingerprint density at radius 1 is 1.04 bits per heavy atom. The van der Waals surface area contributed by atoms with Gasteiger partial charge in [0.25, 0.3) is 5.91 Å². The van der Waals surface area contributed by atoms with Crippen LogP contribution in [-0.2, 0) is 0 Å². The van der Waals surface area contributed by atoms with Crippen LogP contribution in [0.4, 0.5) is 0 Å². The second-order valence-corrected chi connectivity index (χ2v) is 5.99. The molecular formula is C18H22ClN3O2. The topological polar surface area (TPSA) is 65.2 Å². The Kier molecular flexibility index (Phi) is 5.80. The highest BCUT2D eigenvalue weighted by Crippen LogP contribution is 2.16. The lowest BCUT2D eigenvalue weighted by atomic mass is 10.0. The zero-order chi connectivity index (χ0) is 16.4. The molecule has 1 aromatic heterocycles. The fraction of sp³-hybridized carbons (Fsp3) is 0.333. The van der Waals surface area contributed by atoms with Crippen LogP contribution in [-0.4, -0.2) is 46.7 Å². The molecule has 3 rings (SSSR count). The van der Waals surface area contributed by atoms with Gasteiger partial charge in [0, 0.05) is 54.3 Å². The van der Waals surface area contributed by atoms with Crippen LogP contribution in [0.2, 0.25) is 0 Å². The minimum absolute atomic E-state index is 0. The van der Waals surface area contributed by atoms with Gasteiger partial charge in [-0.25, -0.2) is 0 Å². The molecule has 24 heavy (non-hydrogen) atoms. The molecule has 1 aromatic carbocycles. The average Bonchev–Trinajstić information content (AvgIpc) is 3.11. The first-order chi connectivity index (χ1) is 11.1. The molecule has 1 saturated heterocycles. The van der Waals surface area contributed by atoms with Gasteiger partial charge >= 0.3 is 0 Å². The van der Waals surface area contributed by atoms with Crippen LogP contribution in [0.3, 0.4) is 0 Å². The van der Waals surface area contributed by atoms with Crippen molar-refractivity contribution in [2.75, 3.05) is 13.1 Å². The normalized spacial score (nSPS) is 20.3. The zero-order valence-corrected chi connectivity index (χ0v) is 14.6. The van der Waals surface area contributed by atoms with E-state index in [1.54, 1.807) is 42.7 Å². The van der Waals surface area contributed by atoms with Crippen molar-refractivity contribution in [2.45, 2.75) is 25.9 Å². The number of benzene rings is 1. The van der Waals surface area contributed by atoms with Gasteiger partial charge in [-0.2, -0.15) is 0 Å². The van der Waals surface area contributed by atoms with E-state index in [4.69, 9.17) is 0 Å². The highest BCUT2D eigenvalue weighted by atomic mass is 35.5. The lowest BCUT2D eigenvalue weighted by molar-refractivity contribution is 0.0602. The third-order valence-electron chi connectivity index (χ3n) is 4.55. The molecule has 5 nitrogen and oxygen atoms in total. The molecule has 2 unspecified atom stereocenters. The number of hydrogen-bond acceptors (Lipinski definition) is 3. The third kappa shape index (κ3) is 3.52. The first-order valence-electron chi connectivity index (χ1n) is 7.90. The summed E-state index contributed by atoms with van der Waals surface area (Å²) in [6.07, 6.45) is 3.39. The van der Waals surface area contributed by atoms with E-state index in [9.17, 15) is 9.59 Å². The van der Waals surface area contributed by atoms with Gasteiger partial charge in [0.2, 0.25) is 0 Å². The minimum atomic E-state index is -0.0468. The highest BCUT2D eigenvalue weighted by Gasteiger charge is 2.28. The number of piperazine rings is 1. The van der Waals surface area contributed by atoms with E-state index in [1.807, 2.05) is 4.90 Å². The fourth-order valence-electron chi connectivity index (χ4n) is 2.91. The van der Waals surface area contributed by atoms with Crippen LogP contribution >= 0.6 is 12.4 Å². The van der Waals surface area contributed by atoms with Crippen molar-refractivity contribution in [2.24, 2.45) is 0 Å². The van der Waals surface area contributed by atoms with E-state index in [-0.39, 0.29) is 36.2 Å². The lowest BCUT2D eigenvalue weighted by Crippen LogP contribution is -2.57. The second-order valence-electron chi connectivity index (χ2n) is 5.99. The maximum Gasteiger partial charge on any atom is 0.254 e. The number of nitrogens with zero attached hydrogens (tertiary/aromatic N) is 1. The van der Waals surface area contributed by atoms with E-state index in [0.717, 1.165) is 6.54 Å². The second kappa shape index (κ2) is 7.64. The summed E-state index contributed by atoms with van der Waals surface area (Å²) in [7, 11) is 0. The Morgan fingerprint density at radius 3 is 2.33 bits per heavy atom. The van der Waals surface area contributed by atoms with Crippen molar-refractivity contribution in [1.29, 1.82) is 0 Å². The third-order valence-corrected chi connectivity index (χ3v) is 4.55. The predicted molar refractivity (Wildman–Crippen MR) is 95.9 cm³/mol. The Bertz CT molecular complexity index is 698. The molecule has 0 radical (unpaired) electrons. The van der Waals surface area contributed by atoms with Crippen molar-refractivity contribution >= 4 is 24.1 Å². The molecule has 0 spiro atoms. The maximum absolute atomic E-state index is 12.7. The molecule has 0 bridgehead atoms. The van der Waals surface area contributed by atoms with Gasteiger partial charge in [-0.1, -0.05) is 12.1 Å². The number of aromatic nitrogens is 1. The predicted octanol–water partition coefficient (Wildman–Crippen LogP) is 2.49. The van der Waals surface area contributed by atoms with E-state index < -0.39 is 0 Å².